The zero-order valence-corrected chi connectivity index (χ0v) is 6.82. The van der Waals surface area contributed by atoms with E-state index in [2.05, 4.69) is 10.5 Å². The number of hydroxylamine groups is 1. The standard InChI is InChI=1S/C7H9N3O3/c11-5-2-4-10(7(12)9-5)6-1-3-8-13-6/h2,4,6,8H,1,3H2,(H,9,11,12)/t6-/m0/s1. The van der Waals surface area contributed by atoms with Gasteiger partial charge < -0.3 is 0 Å². The van der Waals surface area contributed by atoms with E-state index in [1.165, 1.54) is 16.8 Å². The summed E-state index contributed by atoms with van der Waals surface area (Å²) >= 11 is 0. The van der Waals surface area contributed by atoms with Gasteiger partial charge in [0.15, 0.2) is 6.23 Å². The van der Waals surface area contributed by atoms with Crippen LogP contribution in [0.2, 0.25) is 0 Å². The normalized spacial score (nSPS) is 22.0. The summed E-state index contributed by atoms with van der Waals surface area (Å²) in [5.74, 6) is 0. The van der Waals surface area contributed by atoms with Crippen LogP contribution in [0.15, 0.2) is 21.9 Å². The number of aromatic amines is 1. The van der Waals surface area contributed by atoms with Crippen LogP contribution < -0.4 is 16.7 Å². The zero-order chi connectivity index (χ0) is 9.26. The molecule has 1 aromatic rings. The average molecular weight is 183 g/mol. The third-order valence-electron chi connectivity index (χ3n) is 1.87. The molecule has 2 N–H and O–H groups in total. The van der Waals surface area contributed by atoms with E-state index in [1.54, 1.807) is 0 Å². The van der Waals surface area contributed by atoms with Crippen molar-refractivity contribution in [3.63, 3.8) is 0 Å². The molecule has 0 aromatic carbocycles. The Morgan fingerprint density at radius 1 is 1.54 bits per heavy atom. The molecule has 1 atom stereocenters. The highest BCUT2D eigenvalue weighted by Crippen LogP contribution is 2.12. The average Bonchev–Trinajstić information content (AvgIpc) is 2.56. The smallest absolute Gasteiger partial charge is 0.276 e. The first kappa shape index (κ1) is 8.21. The van der Waals surface area contributed by atoms with Crippen molar-refractivity contribution in [3.05, 3.63) is 33.1 Å². The summed E-state index contributed by atoms with van der Waals surface area (Å²) in [6.07, 6.45) is 1.83. The van der Waals surface area contributed by atoms with Crippen LogP contribution in [0.1, 0.15) is 12.6 Å². The SMILES string of the molecule is O=c1ccn([C@@H]2CCNO2)c(=O)[nH]1. The van der Waals surface area contributed by atoms with E-state index in [0.717, 1.165) is 0 Å². The molecule has 13 heavy (non-hydrogen) atoms. The summed E-state index contributed by atoms with van der Waals surface area (Å²) < 4.78 is 1.35. The van der Waals surface area contributed by atoms with Gasteiger partial charge in [-0.05, 0) is 0 Å². The van der Waals surface area contributed by atoms with Gasteiger partial charge in [-0.2, -0.15) is 5.48 Å². The molecule has 0 bridgehead atoms. The number of aromatic nitrogens is 2. The van der Waals surface area contributed by atoms with Gasteiger partial charge in [0, 0.05) is 25.2 Å². The van der Waals surface area contributed by atoms with E-state index in [1.807, 2.05) is 0 Å². The number of hydrogen-bond acceptors (Lipinski definition) is 4. The second kappa shape index (κ2) is 3.15. The summed E-state index contributed by atoms with van der Waals surface area (Å²) in [6, 6.07) is 1.29. The molecule has 6 heteroatoms. The van der Waals surface area contributed by atoms with Crippen molar-refractivity contribution in [2.75, 3.05) is 6.54 Å². The van der Waals surface area contributed by atoms with E-state index >= 15 is 0 Å². The van der Waals surface area contributed by atoms with Crippen molar-refractivity contribution in [2.45, 2.75) is 12.6 Å². The fourth-order valence-corrected chi connectivity index (χ4v) is 1.25. The molecule has 0 aliphatic carbocycles. The van der Waals surface area contributed by atoms with Gasteiger partial charge >= 0.3 is 5.69 Å². The van der Waals surface area contributed by atoms with Crippen LogP contribution >= 0.6 is 0 Å². The van der Waals surface area contributed by atoms with E-state index in [0.29, 0.717) is 13.0 Å². The fourth-order valence-electron chi connectivity index (χ4n) is 1.25. The third-order valence-corrected chi connectivity index (χ3v) is 1.87. The van der Waals surface area contributed by atoms with Crippen molar-refractivity contribution in [1.29, 1.82) is 0 Å². The maximum Gasteiger partial charge on any atom is 0.330 e. The lowest BCUT2D eigenvalue weighted by molar-refractivity contribution is -0.0120. The van der Waals surface area contributed by atoms with Crippen LogP contribution in [-0.2, 0) is 4.84 Å². The number of nitrogens with zero attached hydrogens (tertiary/aromatic N) is 1. The maximum absolute atomic E-state index is 11.2. The zero-order valence-electron chi connectivity index (χ0n) is 6.82. The highest BCUT2D eigenvalue weighted by atomic mass is 16.7. The van der Waals surface area contributed by atoms with Gasteiger partial charge in [0.25, 0.3) is 5.56 Å². The van der Waals surface area contributed by atoms with Gasteiger partial charge in [-0.3, -0.25) is 19.2 Å². The molecule has 1 aromatic heterocycles. The van der Waals surface area contributed by atoms with Gasteiger partial charge in [0.1, 0.15) is 0 Å². The molecule has 2 rings (SSSR count). The molecule has 1 aliphatic rings. The van der Waals surface area contributed by atoms with E-state index in [9.17, 15) is 9.59 Å². The molecule has 1 fully saturated rings. The van der Waals surface area contributed by atoms with Gasteiger partial charge in [0.05, 0.1) is 0 Å². The monoisotopic (exact) mass is 183 g/mol. The predicted molar refractivity (Wildman–Crippen MR) is 44.1 cm³/mol. The van der Waals surface area contributed by atoms with Crippen LogP contribution in [0.3, 0.4) is 0 Å². The number of rotatable bonds is 1. The number of nitrogens with one attached hydrogen (secondary N) is 2. The highest BCUT2D eigenvalue weighted by Gasteiger charge is 2.18. The maximum atomic E-state index is 11.2. The number of H-pyrrole nitrogens is 1. The Labute approximate surface area is 73.1 Å². The largest absolute Gasteiger partial charge is 0.330 e. The van der Waals surface area contributed by atoms with Gasteiger partial charge in [-0.15, -0.1) is 0 Å². The Kier molecular flexibility index (Phi) is 1.99. The minimum absolute atomic E-state index is 0.315. The van der Waals surface area contributed by atoms with Crippen LogP contribution in [0.5, 0.6) is 0 Å². The molecule has 70 valence electrons. The summed E-state index contributed by atoms with van der Waals surface area (Å²) in [7, 11) is 0. The molecule has 1 aliphatic heterocycles. The lowest BCUT2D eigenvalue weighted by atomic mass is 10.4. The summed E-state index contributed by atoms with van der Waals surface area (Å²) in [4.78, 5) is 29.2. The predicted octanol–water partition coefficient (Wildman–Crippen LogP) is -1.04. The topological polar surface area (TPSA) is 76.1 Å². The van der Waals surface area contributed by atoms with E-state index in [4.69, 9.17) is 4.84 Å². The molecular weight excluding hydrogens is 174 g/mol. The molecule has 0 amide bonds. The fraction of sp³-hybridized carbons (Fsp3) is 0.429. The van der Waals surface area contributed by atoms with Crippen molar-refractivity contribution in [2.24, 2.45) is 0 Å². The van der Waals surface area contributed by atoms with Crippen molar-refractivity contribution in [1.82, 2.24) is 15.0 Å². The Hall–Kier alpha value is -1.40. The van der Waals surface area contributed by atoms with Gasteiger partial charge in [0.2, 0.25) is 0 Å². The molecule has 2 heterocycles. The van der Waals surface area contributed by atoms with Crippen LogP contribution in [0, 0.1) is 0 Å². The highest BCUT2D eigenvalue weighted by molar-refractivity contribution is 4.84. The van der Waals surface area contributed by atoms with Crippen molar-refractivity contribution >= 4 is 0 Å². The van der Waals surface area contributed by atoms with Gasteiger partial charge in [-0.1, -0.05) is 0 Å². The quantitative estimate of drug-likeness (QED) is 0.583. The van der Waals surface area contributed by atoms with Crippen molar-refractivity contribution < 1.29 is 4.84 Å². The molecule has 0 unspecified atom stereocenters. The minimum Gasteiger partial charge on any atom is -0.276 e. The summed E-state index contributed by atoms with van der Waals surface area (Å²) in [5, 5.41) is 0. The second-order valence-electron chi connectivity index (χ2n) is 2.77. The van der Waals surface area contributed by atoms with Crippen molar-refractivity contribution in [3.8, 4) is 0 Å². The molecular formula is C7H9N3O3. The Morgan fingerprint density at radius 2 is 2.38 bits per heavy atom. The molecule has 1 saturated heterocycles. The molecule has 0 radical (unpaired) electrons. The van der Waals surface area contributed by atoms with Crippen LogP contribution in [-0.4, -0.2) is 16.1 Å². The number of hydrogen-bond donors (Lipinski definition) is 2. The first-order valence-electron chi connectivity index (χ1n) is 3.97. The summed E-state index contributed by atoms with van der Waals surface area (Å²) in [6.45, 7) is 0.705. The Morgan fingerprint density at radius 3 is 3.00 bits per heavy atom. The molecule has 0 spiro atoms. The Balaban J connectivity index is 2.40. The van der Waals surface area contributed by atoms with Gasteiger partial charge in [-0.25, -0.2) is 4.79 Å². The lowest BCUT2D eigenvalue weighted by Gasteiger charge is -2.09. The lowest BCUT2D eigenvalue weighted by Crippen LogP contribution is -2.31. The van der Waals surface area contributed by atoms with E-state index in [-0.39, 0.29) is 6.23 Å². The minimum atomic E-state index is -0.443. The van der Waals surface area contributed by atoms with Crippen LogP contribution in [0.4, 0.5) is 0 Å². The first-order chi connectivity index (χ1) is 6.27. The second-order valence-corrected chi connectivity index (χ2v) is 2.77. The summed E-state index contributed by atoms with van der Waals surface area (Å²) in [5.41, 5.74) is 1.82. The van der Waals surface area contributed by atoms with E-state index < -0.39 is 11.2 Å². The van der Waals surface area contributed by atoms with Crippen LogP contribution in [0.25, 0.3) is 0 Å². The third kappa shape index (κ3) is 1.53. The molecule has 0 saturated carbocycles. The first-order valence-corrected chi connectivity index (χ1v) is 3.97. The molecule has 6 nitrogen and oxygen atoms in total. The Bertz CT molecular complexity index is 402.